The predicted molar refractivity (Wildman–Crippen MR) is 156 cm³/mol. The molecule has 2 N–H and O–H groups in total. The van der Waals surface area contributed by atoms with E-state index in [-0.39, 0.29) is 32.5 Å². The van der Waals surface area contributed by atoms with Gasteiger partial charge in [0.05, 0.1) is 25.0 Å². The fourth-order valence-electron chi connectivity index (χ4n) is 2.79. The monoisotopic (exact) mass is 660 g/mol. The molecule has 2 atom stereocenters. The molecular weight excluding hydrogens is 622 g/mol. The molecule has 0 aromatic carbocycles. The van der Waals surface area contributed by atoms with Gasteiger partial charge < -0.3 is 37.8 Å². The molecule has 0 spiro atoms. The molecule has 0 bridgehead atoms. The third-order valence-electron chi connectivity index (χ3n) is 5.01. The average molecular weight is 661 g/mol. The number of ether oxygens (including phenoxy) is 2. The smallest absolute Gasteiger partial charge is 0.320 e. The molecule has 38 heavy (non-hydrogen) atoms. The molecule has 0 saturated carbocycles. The van der Waals surface area contributed by atoms with Crippen LogP contribution in [0.1, 0.15) is 47.0 Å². The van der Waals surface area contributed by atoms with E-state index >= 15 is 0 Å². The van der Waals surface area contributed by atoms with Crippen molar-refractivity contribution in [1.82, 2.24) is 0 Å². The van der Waals surface area contributed by atoms with Gasteiger partial charge in [0, 0.05) is 28.4 Å². The summed E-state index contributed by atoms with van der Waals surface area (Å²) in [6.45, 7) is 7.16. The molecule has 0 aliphatic heterocycles. The molecule has 0 aliphatic carbocycles. The van der Waals surface area contributed by atoms with Crippen LogP contribution < -0.4 is 0 Å². The van der Waals surface area contributed by atoms with E-state index in [0.717, 1.165) is 22.8 Å². The first-order valence-corrected chi connectivity index (χ1v) is 19.5. The minimum Gasteiger partial charge on any atom is -0.481 e. The highest BCUT2D eigenvalue weighted by atomic mass is 32.9. The number of esters is 2. The summed E-state index contributed by atoms with van der Waals surface area (Å²) < 4.78 is 30.0. The van der Waals surface area contributed by atoms with Crippen LogP contribution in [0.4, 0.5) is 0 Å². The van der Waals surface area contributed by atoms with Gasteiger partial charge in [-0.2, -0.15) is 0 Å². The van der Waals surface area contributed by atoms with Crippen molar-refractivity contribution < 1.29 is 57.0 Å². The van der Waals surface area contributed by atoms with Gasteiger partial charge in [-0.3, -0.25) is 19.2 Å². The van der Waals surface area contributed by atoms with Gasteiger partial charge in [0.1, 0.15) is 10.5 Å². The van der Waals surface area contributed by atoms with E-state index in [1.165, 1.54) is 28.4 Å². The standard InChI is InChI=1S/2C10H19O6PS2/c1-5-10(6-2,9(13)14)7(8(11)12)19-17(18,15-3)16-4;1-5-15-9(11)7-8(10(12)16-6-2)19-17(18,13-3)14-4/h7H,5-6H2,1-4H3,(H,11,12)(H,13,14);8H,5-7H2,1-4H3. The zero-order valence-corrected chi connectivity index (χ0v) is 27.7. The summed E-state index contributed by atoms with van der Waals surface area (Å²) >= 11 is 12.1. The SMILES string of the molecule is CCC(CC)(C(=O)O)C(SP(=S)(OC)OC)C(=O)O.CCOC(=O)CC(SP(=S)(OC)OC)C(=O)OCC. The number of carbonyl (C=O) groups is 4. The minimum absolute atomic E-state index is 0.123. The summed E-state index contributed by atoms with van der Waals surface area (Å²) in [6, 6.07) is 0. The highest BCUT2D eigenvalue weighted by Crippen LogP contribution is 2.64. The van der Waals surface area contributed by atoms with Crippen LogP contribution in [0.2, 0.25) is 0 Å². The maximum absolute atomic E-state index is 11.8. The molecule has 0 radical (unpaired) electrons. The first-order chi connectivity index (χ1) is 17.6. The Balaban J connectivity index is 0. The maximum Gasteiger partial charge on any atom is 0.320 e. The molecule has 224 valence electrons. The summed E-state index contributed by atoms with van der Waals surface area (Å²) in [5.41, 5.74) is -6.89. The first-order valence-electron chi connectivity index (χ1n) is 11.2. The van der Waals surface area contributed by atoms with Gasteiger partial charge in [-0.05, 0) is 50.3 Å². The van der Waals surface area contributed by atoms with Gasteiger partial charge in [0.2, 0.25) is 11.4 Å². The van der Waals surface area contributed by atoms with Crippen LogP contribution in [-0.4, -0.2) is 86.2 Å². The molecule has 0 aromatic heterocycles. The summed E-state index contributed by atoms with van der Waals surface area (Å²) in [5, 5.41) is 16.8. The van der Waals surface area contributed by atoms with Crippen molar-refractivity contribution in [1.29, 1.82) is 0 Å². The van der Waals surface area contributed by atoms with Crippen molar-refractivity contribution in [2.45, 2.75) is 57.5 Å². The van der Waals surface area contributed by atoms with E-state index < -0.39 is 51.2 Å². The minimum atomic E-state index is -2.85. The van der Waals surface area contributed by atoms with E-state index in [9.17, 15) is 29.4 Å². The number of carboxylic acid groups (broad SMARTS) is 2. The Labute approximate surface area is 242 Å². The lowest BCUT2D eigenvalue weighted by molar-refractivity contribution is -0.155. The van der Waals surface area contributed by atoms with E-state index in [1.54, 1.807) is 27.7 Å². The number of carbonyl (C=O) groups excluding carboxylic acids is 2. The van der Waals surface area contributed by atoms with Crippen LogP contribution in [0.25, 0.3) is 0 Å². The lowest BCUT2D eigenvalue weighted by atomic mass is 9.79. The fourth-order valence-corrected chi connectivity index (χ4v) is 10.9. The largest absolute Gasteiger partial charge is 0.481 e. The van der Waals surface area contributed by atoms with E-state index in [4.69, 9.17) is 51.2 Å². The Morgan fingerprint density at radius 2 is 1.21 bits per heavy atom. The van der Waals surface area contributed by atoms with Gasteiger partial charge in [-0.15, -0.1) is 0 Å². The van der Waals surface area contributed by atoms with Crippen molar-refractivity contribution in [2.75, 3.05) is 41.7 Å². The highest BCUT2D eigenvalue weighted by molar-refractivity contribution is 8.68. The fraction of sp³-hybridized carbons (Fsp3) is 0.800. The van der Waals surface area contributed by atoms with Crippen LogP contribution in [0, 0.1) is 5.41 Å². The summed E-state index contributed by atoms with van der Waals surface area (Å²) in [5.74, 6) is -3.38. The Morgan fingerprint density at radius 1 is 0.789 bits per heavy atom. The normalized spacial score (nSPS) is 13.5. The zero-order valence-electron chi connectivity index (χ0n) is 22.7. The number of carboxylic acids is 2. The lowest BCUT2D eigenvalue weighted by Crippen LogP contribution is -2.44. The molecule has 0 amide bonds. The highest BCUT2D eigenvalue weighted by Gasteiger charge is 2.50. The second kappa shape index (κ2) is 19.7. The van der Waals surface area contributed by atoms with Crippen molar-refractivity contribution >= 4 is 81.6 Å². The van der Waals surface area contributed by atoms with Crippen LogP contribution in [-0.2, 0) is 70.4 Å². The zero-order chi connectivity index (χ0) is 30.2. The first kappa shape index (κ1) is 39.9. The average Bonchev–Trinajstić information content (AvgIpc) is 2.88. The Bertz CT molecular complexity index is 853. The van der Waals surface area contributed by atoms with Crippen molar-refractivity contribution in [3.63, 3.8) is 0 Å². The number of rotatable bonds is 18. The Morgan fingerprint density at radius 3 is 1.53 bits per heavy atom. The Hall–Kier alpha value is -0.280. The number of hydrogen-bond acceptors (Lipinski definition) is 14. The molecule has 18 heteroatoms. The lowest BCUT2D eigenvalue weighted by Gasteiger charge is -2.34. The second-order valence-electron chi connectivity index (χ2n) is 6.97. The third kappa shape index (κ3) is 12.9. The molecule has 0 rings (SSSR count). The van der Waals surface area contributed by atoms with E-state index in [0.29, 0.717) is 0 Å². The molecule has 0 heterocycles. The topological polar surface area (TPSA) is 164 Å². The molecule has 12 nitrogen and oxygen atoms in total. The van der Waals surface area contributed by atoms with Gasteiger partial charge in [0.25, 0.3) is 0 Å². The van der Waals surface area contributed by atoms with Crippen molar-refractivity contribution in [3.05, 3.63) is 0 Å². The molecule has 0 aliphatic rings. The molecular formula is C20H38O12P2S4. The van der Waals surface area contributed by atoms with Gasteiger partial charge in [-0.1, -0.05) is 36.6 Å². The predicted octanol–water partition coefficient (Wildman–Crippen LogP) is 4.70. The van der Waals surface area contributed by atoms with Crippen LogP contribution >= 0.6 is 34.2 Å². The maximum atomic E-state index is 11.8. The van der Waals surface area contributed by atoms with Gasteiger partial charge >= 0.3 is 23.9 Å². The van der Waals surface area contributed by atoms with Gasteiger partial charge in [0.15, 0.2) is 0 Å². The van der Waals surface area contributed by atoms with Crippen molar-refractivity contribution in [3.8, 4) is 0 Å². The molecule has 2 unspecified atom stereocenters. The number of hydrogen-bond donors (Lipinski definition) is 2. The van der Waals surface area contributed by atoms with Gasteiger partial charge in [-0.25, -0.2) is 0 Å². The van der Waals surface area contributed by atoms with Crippen LogP contribution in [0.15, 0.2) is 0 Å². The van der Waals surface area contributed by atoms with Crippen LogP contribution in [0.5, 0.6) is 0 Å². The third-order valence-corrected chi connectivity index (χ3v) is 16.9. The molecule has 0 saturated heterocycles. The summed E-state index contributed by atoms with van der Waals surface area (Å²) in [4.78, 5) is 46.2. The van der Waals surface area contributed by atoms with Crippen molar-refractivity contribution in [2.24, 2.45) is 5.41 Å². The number of aliphatic carboxylic acids is 2. The molecule has 0 aromatic rings. The van der Waals surface area contributed by atoms with E-state index in [1.807, 2.05) is 0 Å². The molecule has 0 fully saturated rings. The summed E-state index contributed by atoms with van der Waals surface area (Å²) in [6.07, 6.45) is 0.250. The van der Waals surface area contributed by atoms with Crippen LogP contribution in [0.3, 0.4) is 0 Å². The quantitative estimate of drug-likeness (QED) is 0.153. The van der Waals surface area contributed by atoms with E-state index in [2.05, 4.69) is 0 Å². The summed E-state index contributed by atoms with van der Waals surface area (Å²) in [7, 11) is 5.47. The Kier molecular flexibility index (Phi) is 20.7. The second-order valence-corrected chi connectivity index (χ2v) is 20.1.